The van der Waals surface area contributed by atoms with E-state index in [1.165, 1.54) is 13.2 Å². The predicted molar refractivity (Wildman–Crippen MR) is 118 cm³/mol. The van der Waals surface area contributed by atoms with Gasteiger partial charge >= 0.3 is 5.97 Å². The monoisotopic (exact) mass is 438 g/mol. The number of hydrogen-bond donors (Lipinski definition) is 2. The molecule has 3 aromatic rings. The van der Waals surface area contributed by atoms with E-state index in [0.717, 1.165) is 0 Å². The van der Waals surface area contributed by atoms with Gasteiger partial charge in [-0.2, -0.15) is 0 Å². The van der Waals surface area contributed by atoms with E-state index < -0.39 is 24.4 Å². The van der Waals surface area contributed by atoms with Crippen molar-refractivity contribution in [2.45, 2.75) is 0 Å². The molecule has 0 aromatic heterocycles. The number of amides is 2. The fraction of sp³-hybridized carbons (Fsp3) is 0.0870. The first-order chi connectivity index (χ1) is 15.0. The standard InChI is InChI=1S/C23H19ClN2O5/c1-30-18-6-4-5-17(13-18)25-21(27)14-31-23(29)19-7-2-3-8-20(19)26-22(28)15-9-11-16(24)12-10-15/h2-13H,14H2,1H3,(H,25,27)(H,26,28). The van der Waals surface area contributed by atoms with E-state index in [1.807, 2.05) is 0 Å². The van der Waals surface area contributed by atoms with Crippen LogP contribution < -0.4 is 15.4 Å². The summed E-state index contributed by atoms with van der Waals surface area (Å²) in [5.74, 6) is -1.08. The highest BCUT2D eigenvalue weighted by atomic mass is 35.5. The van der Waals surface area contributed by atoms with Crippen LogP contribution in [-0.2, 0) is 9.53 Å². The number of benzene rings is 3. The molecule has 8 heteroatoms. The van der Waals surface area contributed by atoms with Gasteiger partial charge < -0.3 is 20.1 Å². The third-order valence-electron chi connectivity index (χ3n) is 4.19. The van der Waals surface area contributed by atoms with Crippen LogP contribution in [0.2, 0.25) is 5.02 Å². The first kappa shape index (κ1) is 21.9. The normalized spacial score (nSPS) is 10.1. The molecular weight excluding hydrogens is 420 g/mol. The Morgan fingerprint density at radius 1 is 0.903 bits per heavy atom. The Labute approximate surface area is 183 Å². The number of nitrogens with one attached hydrogen (secondary N) is 2. The average Bonchev–Trinajstić information content (AvgIpc) is 2.78. The summed E-state index contributed by atoms with van der Waals surface area (Å²) >= 11 is 5.84. The molecule has 2 N–H and O–H groups in total. The van der Waals surface area contributed by atoms with Crippen molar-refractivity contribution in [2.75, 3.05) is 24.4 Å². The SMILES string of the molecule is COc1cccc(NC(=O)COC(=O)c2ccccc2NC(=O)c2ccc(Cl)cc2)c1. The number of esters is 1. The second-order valence-electron chi connectivity index (χ2n) is 6.36. The lowest BCUT2D eigenvalue weighted by atomic mass is 10.1. The number of carbonyl (C=O) groups excluding carboxylic acids is 3. The summed E-state index contributed by atoms with van der Waals surface area (Å²) in [6, 6.07) is 19.5. The van der Waals surface area contributed by atoms with Crippen LogP contribution in [0.5, 0.6) is 5.75 Å². The second kappa shape index (κ2) is 10.3. The van der Waals surface area contributed by atoms with Gasteiger partial charge in [0.2, 0.25) is 0 Å². The second-order valence-corrected chi connectivity index (χ2v) is 6.80. The molecule has 0 aliphatic rings. The molecular formula is C23H19ClN2O5. The minimum Gasteiger partial charge on any atom is -0.497 e. The molecule has 7 nitrogen and oxygen atoms in total. The highest BCUT2D eigenvalue weighted by Gasteiger charge is 2.16. The number of anilines is 2. The number of rotatable bonds is 7. The van der Waals surface area contributed by atoms with Crippen LogP contribution in [0.3, 0.4) is 0 Å². The lowest BCUT2D eigenvalue weighted by molar-refractivity contribution is -0.119. The zero-order valence-electron chi connectivity index (χ0n) is 16.6. The van der Waals surface area contributed by atoms with E-state index in [-0.39, 0.29) is 11.3 Å². The molecule has 0 saturated heterocycles. The smallest absolute Gasteiger partial charge is 0.340 e. The summed E-state index contributed by atoms with van der Waals surface area (Å²) < 4.78 is 10.2. The Kier molecular flexibility index (Phi) is 7.24. The zero-order valence-corrected chi connectivity index (χ0v) is 17.3. The van der Waals surface area contributed by atoms with Crippen LogP contribution in [0.15, 0.2) is 72.8 Å². The summed E-state index contributed by atoms with van der Waals surface area (Å²) in [5.41, 5.74) is 1.28. The van der Waals surface area contributed by atoms with Crippen LogP contribution in [-0.4, -0.2) is 31.5 Å². The zero-order chi connectivity index (χ0) is 22.2. The Morgan fingerprint density at radius 2 is 1.65 bits per heavy atom. The largest absolute Gasteiger partial charge is 0.497 e. The maximum atomic E-state index is 12.5. The van der Waals surface area contributed by atoms with Crippen molar-refractivity contribution in [3.8, 4) is 5.75 Å². The van der Waals surface area contributed by atoms with Crippen molar-refractivity contribution in [3.63, 3.8) is 0 Å². The molecule has 0 unspecified atom stereocenters. The van der Waals surface area contributed by atoms with E-state index in [4.69, 9.17) is 21.1 Å². The van der Waals surface area contributed by atoms with Gasteiger partial charge in [-0.25, -0.2) is 4.79 Å². The minimum absolute atomic E-state index is 0.124. The van der Waals surface area contributed by atoms with E-state index in [1.54, 1.807) is 66.7 Å². The van der Waals surface area contributed by atoms with E-state index in [9.17, 15) is 14.4 Å². The lowest BCUT2D eigenvalue weighted by Gasteiger charge is -2.11. The number of ether oxygens (including phenoxy) is 2. The van der Waals surface area contributed by atoms with Gasteiger partial charge in [-0.05, 0) is 48.5 Å². The minimum atomic E-state index is -0.743. The van der Waals surface area contributed by atoms with Crippen molar-refractivity contribution in [2.24, 2.45) is 0 Å². The third kappa shape index (κ3) is 6.07. The first-order valence-electron chi connectivity index (χ1n) is 9.23. The van der Waals surface area contributed by atoms with Crippen LogP contribution >= 0.6 is 11.6 Å². The van der Waals surface area contributed by atoms with Crippen molar-refractivity contribution in [1.29, 1.82) is 0 Å². The van der Waals surface area contributed by atoms with Crippen LogP contribution in [0.1, 0.15) is 20.7 Å². The number of hydrogen-bond acceptors (Lipinski definition) is 5. The van der Waals surface area contributed by atoms with Crippen molar-refractivity contribution < 1.29 is 23.9 Å². The molecule has 31 heavy (non-hydrogen) atoms. The van der Waals surface area contributed by atoms with Crippen LogP contribution in [0, 0.1) is 0 Å². The first-order valence-corrected chi connectivity index (χ1v) is 9.61. The topological polar surface area (TPSA) is 93.7 Å². The van der Waals surface area contributed by atoms with Gasteiger partial charge in [0.25, 0.3) is 11.8 Å². The summed E-state index contributed by atoms with van der Waals surface area (Å²) in [5, 5.41) is 5.80. The van der Waals surface area contributed by atoms with Gasteiger partial charge in [0.15, 0.2) is 6.61 Å². The number of methoxy groups -OCH3 is 1. The molecule has 3 rings (SSSR count). The summed E-state index contributed by atoms with van der Waals surface area (Å²) in [6.07, 6.45) is 0. The van der Waals surface area contributed by atoms with E-state index in [0.29, 0.717) is 22.0 Å². The fourth-order valence-corrected chi connectivity index (χ4v) is 2.80. The van der Waals surface area contributed by atoms with Crippen molar-refractivity contribution in [3.05, 3.63) is 88.9 Å². The molecule has 0 heterocycles. The van der Waals surface area contributed by atoms with Gasteiger partial charge in [0.1, 0.15) is 5.75 Å². The number of halogens is 1. The summed E-state index contributed by atoms with van der Waals surface area (Å²) in [4.78, 5) is 37.0. The van der Waals surface area contributed by atoms with E-state index in [2.05, 4.69) is 10.6 Å². The average molecular weight is 439 g/mol. The van der Waals surface area contributed by atoms with Crippen LogP contribution in [0.4, 0.5) is 11.4 Å². The molecule has 3 aromatic carbocycles. The summed E-state index contributed by atoms with van der Waals surface area (Å²) in [7, 11) is 1.52. The highest BCUT2D eigenvalue weighted by Crippen LogP contribution is 2.19. The Morgan fingerprint density at radius 3 is 2.39 bits per heavy atom. The Bertz CT molecular complexity index is 1100. The molecule has 0 aliphatic heterocycles. The molecule has 0 aliphatic carbocycles. The molecule has 158 valence electrons. The lowest BCUT2D eigenvalue weighted by Crippen LogP contribution is -2.22. The van der Waals surface area contributed by atoms with Gasteiger partial charge in [-0.3, -0.25) is 9.59 Å². The van der Waals surface area contributed by atoms with E-state index >= 15 is 0 Å². The van der Waals surface area contributed by atoms with Crippen LogP contribution in [0.25, 0.3) is 0 Å². The third-order valence-corrected chi connectivity index (χ3v) is 4.44. The maximum Gasteiger partial charge on any atom is 0.340 e. The van der Waals surface area contributed by atoms with Gasteiger partial charge in [0.05, 0.1) is 18.4 Å². The number of carbonyl (C=O) groups is 3. The van der Waals surface area contributed by atoms with Gasteiger partial charge in [-0.15, -0.1) is 0 Å². The van der Waals surface area contributed by atoms with Crippen molar-refractivity contribution >= 4 is 40.8 Å². The van der Waals surface area contributed by atoms with Gasteiger partial charge in [0, 0.05) is 22.3 Å². The Balaban J connectivity index is 1.62. The molecule has 0 radical (unpaired) electrons. The maximum absolute atomic E-state index is 12.5. The Hall–Kier alpha value is -3.84. The quantitative estimate of drug-likeness (QED) is 0.533. The van der Waals surface area contributed by atoms with Gasteiger partial charge in [-0.1, -0.05) is 29.8 Å². The molecule has 2 amide bonds. The molecule has 0 spiro atoms. The fourth-order valence-electron chi connectivity index (χ4n) is 2.67. The molecule has 0 saturated carbocycles. The molecule has 0 bridgehead atoms. The summed E-state index contributed by atoms with van der Waals surface area (Å²) in [6.45, 7) is -0.491. The highest BCUT2D eigenvalue weighted by molar-refractivity contribution is 6.30. The number of para-hydroxylation sites is 1. The molecule has 0 atom stereocenters. The predicted octanol–water partition coefficient (Wildman–Crippen LogP) is 4.40. The van der Waals surface area contributed by atoms with Crippen molar-refractivity contribution in [1.82, 2.24) is 0 Å². The molecule has 0 fully saturated rings.